The van der Waals surface area contributed by atoms with Crippen LogP contribution in [-0.4, -0.2) is 29.5 Å². The quantitative estimate of drug-likeness (QED) is 0.461. The number of hydrogen-bond acceptors (Lipinski definition) is 4. The highest BCUT2D eigenvalue weighted by Crippen LogP contribution is 2.30. The highest BCUT2D eigenvalue weighted by Gasteiger charge is 2.30. The lowest BCUT2D eigenvalue weighted by Crippen LogP contribution is -2.35. The maximum absolute atomic E-state index is 12.5. The van der Waals surface area contributed by atoms with Gasteiger partial charge in [-0.05, 0) is 18.2 Å². The molecular weight excluding hydrogens is 319 g/mol. The standard InChI is InChI=1S/C13H14F3N3O4/c14-13(15,16)8-2-1-3-9(6-8)18-11(21)5-4-10(20)17-7-12(22)19-23/h1-3,6,23H,4-5,7H2,(H,17,20)(H,18,21)(H,19,22). The molecule has 1 rings (SSSR count). The summed E-state index contributed by atoms with van der Waals surface area (Å²) < 4.78 is 37.6. The van der Waals surface area contributed by atoms with Crippen molar-refractivity contribution in [2.24, 2.45) is 0 Å². The van der Waals surface area contributed by atoms with Crippen molar-refractivity contribution in [2.75, 3.05) is 11.9 Å². The highest BCUT2D eigenvalue weighted by molar-refractivity contribution is 5.93. The van der Waals surface area contributed by atoms with Gasteiger partial charge in [-0.15, -0.1) is 0 Å². The fraction of sp³-hybridized carbons (Fsp3) is 0.308. The summed E-state index contributed by atoms with van der Waals surface area (Å²) in [5.41, 5.74) is 0.373. The zero-order chi connectivity index (χ0) is 17.5. The lowest BCUT2D eigenvalue weighted by atomic mass is 10.2. The van der Waals surface area contributed by atoms with Crippen LogP contribution >= 0.6 is 0 Å². The molecule has 126 valence electrons. The molecule has 0 aliphatic rings. The van der Waals surface area contributed by atoms with Gasteiger partial charge < -0.3 is 10.6 Å². The monoisotopic (exact) mass is 333 g/mol. The fourth-order valence-electron chi connectivity index (χ4n) is 1.53. The van der Waals surface area contributed by atoms with Crippen molar-refractivity contribution in [3.05, 3.63) is 29.8 Å². The van der Waals surface area contributed by atoms with E-state index in [9.17, 15) is 27.6 Å². The first-order chi connectivity index (χ1) is 10.7. The van der Waals surface area contributed by atoms with E-state index in [1.807, 2.05) is 0 Å². The number of rotatable bonds is 6. The van der Waals surface area contributed by atoms with Crippen LogP contribution in [0.4, 0.5) is 18.9 Å². The molecule has 23 heavy (non-hydrogen) atoms. The Morgan fingerprint density at radius 3 is 2.30 bits per heavy atom. The summed E-state index contributed by atoms with van der Waals surface area (Å²) in [6.45, 7) is -0.454. The van der Waals surface area contributed by atoms with Crippen LogP contribution in [0.15, 0.2) is 24.3 Å². The van der Waals surface area contributed by atoms with Crippen molar-refractivity contribution < 1.29 is 32.8 Å². The molecule has 0 bridgehead atoms. The van der Waals surface area contributed by atoms with E-state index in [2.05, 4.69) is 10.6 Å². The minimum atomic E-state index is -4.52. The fourth-order valence-corrected chi connectivity index (χ4v) is 1.53. The molecular formula is C13H14F3N3O4. The molecule has 0 saturated carbocycles. The summed E-state index contributed by atoms with van der Waals surface area (Å²) in [6.07, 6.45) is -5.06. The molecule has 7 nitrogen and oxygen atoms in total. The number of anilines is 1. The van der Waals surface area contributed by atoms with Crippen molar-refractivity contribution in [1.82, 2.24) is 10.8 Å². The number of carbonyl (C=O) groups excluding carboxylic acids is 3. The molecule has 0 spiro atoms. The summed E-state index contributed by atoms with van der Waals surface area (Å²) in [5, 5.41) is 12.6. The molecule has 0 radical (unpaired) electrons. The van der Waals surface area contributed by atoms with Gasteiger partial charge in [0.2, 0.25) is 11.8 Å². The van der Waals surface area contributed by atoms with Crippen molar-refractivity contribution >= 4 is 23.4 Å². The normalized spacial score (nSPS) is 10.8. The lowest BCUT2D eigenvalue weighted by molar-refractivity contribution is -0.137. The zero-order valence-corrected chi connectivity index (χ0v) is 11.7. The van der Waals surface area contributed by atoms with Crippen molar-refractivity contribution in [3.63, 3.8) is 0 Å². The Kier molecular flexibility index (Phi) is 6.51. The van der Waals surface area contributed by atoms with Gasteiger partial charge in [0, 0.05) is 18.5 Å². The predicted octanol–water partition coefficient (Wildman–Crippen LogP) is 1.05. The Morgan fingerprint density at radius 1 is 1.04 bits per heavy atom. The Labute approximate surface area is 128 Å². The number of halogens is 3. The second-order valence-corrected chi connectivity index (χ2v) is 4.44. The van der Waals surface area contributed by atoms with Crippen LogP contribution in [0.2, 0.25) is 0 Å². The van der Waals surface area contributed by atoms with Gasteiger partial charge in [0.15, 0.2) is 0 Å². The Balaban J connectivity index is 2.45. The van der Waals surface area contributed by atoms with Gasteiger partial charge in [-0.3, -0.25) is 19.6 Å². The van der Waals surface area contributed by atoms with Crippen molar-refractivity contribution in [2.45, 2.75) is 19.0 Å². The van der Waals surface area contributed by atoms with Gasteiger partial charge in [-0.2, -0.15) is 13.2 Å². The Hall–Kier alpha value is -2.62. The molecule has 0 unspecified atom stereocenters. The first-order valence-electron chi connectivity index (χ1n) is 6.39. The minimum Gasteiger partial charge on any atom is -0.347 e. The molecule has 0 aromatic heterocycles. The van der Waals surface area contributed by atoms with E-state index in [1.54, 1.807) is 0 Å². The minimum absolute atomic E-state index is 0.0371. The van der Waals surface area contributed by atoms with Crippen LogP contribution in [0.5, 0.6) is 0 Å². The van der Waals surface area contributed by atoms with Gasteiger partial charge >= 0.3 is 6.18 Å². The number of hydroxylamine groups is 1. The maximum Gasteiger partial charge on any atom is 0.416 e. The molecule has 0 aliphatic heterocycles. The molecule has 4 N–H and O–H groups in total. The third-order valence-electron chi connectivity index (χ3n) is 2.62. The molecule has 0 heterocycles. The average molecular weight is 333 g/mol. The molecule has 1 aromatic carbocycles. The van der Waals surface area contributed by atoms with E-state index in [1.165, 1.54) is 11.5 Å². The molecule has 1 aromatic rings. The van der Waals surface area contributed by atoms with E-state index < -0.39 is 36.0 Å². The van der Waals surface area contributed by atoms with Crippen LogP contribution in [0.1, 0.15) is 18.4 Å². The lowest BCUT2D eigenvalue weighted by Gasteiger charge is -2.10. The summed E-state index contributed by atoms with van der Waals surface area (Å²) in [4.78, 5) is 33.5. The Bertz CT molecular complexity index is 590. The van der Waals surface area contributed by atoms with Crippen LogP contribution in [0.3, 0.4) is 0 Å². The average Bonchev–Trinajstić information content (AvgIpc) is 2.50. The van der Waals surface area contributed by atoms with Crippen LogP contribution in [0, 0.1) is 0 Å². The molecule has 10 heteroatoms. The van der Waals surface area contributed by atoms with E-state index in [0.717, 1.165) is 18.2 Å². The number of nitrogens with one attached hydrogen (secondary N) is 3. The second-order valence-electron chi connectivity index (χ2n) is 4.44. The van der Waals surface area contributed by atoms with Crippen LogP contribution in [-0.2, 0) is 20.6 Å². The smallest absolute Gasteiger partial charge is 0.347 e. The number of alkyl halides is 3. The Morgan fingerprint density at radius 2 is 1.70 bits per heavy atom. The van der Waals surface area contributed by atoms with Crippen molar-refractivity contribution in [1.29, 1.82) is 0 Å². The molecule has 3 amide bonds. The first-order valence-corrected chi connectivity index (χ1v) is 6.39. The zero-order valence-electron chi connectivity index (χ0n) is 11.7. The molecule has 0 fully saturated rings. The maximum atomic E-state index is 12.5. The van der Waals surface area contributed by atoms with E-state index in [4.69, 9.17) is 5.21 Å². The molecule has 0 aliphatic carbocycles. The highest BCUT2D eigenvalue weighted by atomic mass is 19.4. The van der Waals surface area contributed by atoms with Gasteiger partial charge in [-0.1, -0.05) is 6.07 Å². The van der Waals surface area contributed by atoms with Gasteiger partial charge in [0.25, 0.3) is 5.91 Å². The third-order valence-corrected chi connectivity index (χ3v) is 2.62. The number of amides is 3. The SMILES string of the molecule is O=C(CNC(=O)CCC(=O)Nc1cccc(C(F)(F)F)c1)NO. The van der Waals surface area contributed by atoms with Crippen molar-refractivity contribution in [3.8, 4) is 0 Å². The molecule has 0 atom stereocenters. The van der Waals surface area contributed by atoms with Gasteiger partial charge in [0.1, 0.15) is 0 Å². The van der Waals surface area contributed by atoms with Crippen LogP contribution in [0.25, 0.3) is 0 Å². The van der Waals surface area contributed by atoms with Gasteiger partial charge in [-0.25, -0.2) is 5.48 Å². The molecule has 0 saturated heterocycles. The second kappa shape index (κ2) is 8.13. The van der Waals surface area contributed by atoms with E-state index in [-0.39, 0.29) is 18.5 Å². The van der Waals surface area contributed by atoms with E-state index >= 15 is 0 Å². The summed E-state index contributed by atoms with van der Waals surface area (Å²) >= 11 is 0. The summed E-state index contributed by atoms with van der Waals surface area (Å²) in [6, 6.07) is 4.09. The van der Waals surface area contributed by atoms with E-state index in [0.29, 0.717) is 0 Å². The number of benzene rings is 1. The summed E-state index contributed by atoms with van der Waals surface area (Å²) in [7, 11) is 0. The third kappa shape index (κ3) is 6.78. The summed E-state index contributed by atoms with van der Waals surface area (Å²) in [5.74, 6) is -2.09. The number of hydrogen-bond donors (Lipinski definition) is 4. The largest absolute Gasteiger partial charge is 0.416 e. The number of carbonyl (C=O) groups is 3. The van der Waals surface area contributed by atoms with Gasteiger partial charge in [0.05, 0.1) is 12.1 Å². The predicted molar refractivity (Wildman–Crippen MR) is 72.2 cm³/mol. The topological polar surface area (TPSA) is 108 Å². The van der Waals surface area contributed by atoms with Crippen LogP contribution < -0.4 is 16.1 Å². The first kappa shape index (κ1) is 18.4.